The van der Waals surface area contributed by atoms with Crippen LogP contribution in [0.4, 0.5) is 0 Å². The van der Waals surface area contributed by atoms with E-state index in [1.807, 2.05) is 31.2 Å². The molecule has 1 aromatic rings. The molecular formula is C13H15NO3. The Bertz CT molecular complexity index is 425. The Morgan fingerprint density at radius 1 is 1.29 bits per heavy atom. The van der Waals surface area contributed by atoms with Gasteiger partial charge in [-0.2, -0.15) is 0 Å². The van der Waals surface area contributed by atoms with E-state index in [-0.39, 0.29) is 24.2 Å². The SMILES string of the molecule is CCCOc1ccc([C@H]2CC(=O)NC2=O)cc1. The molecule has 1 atom stereocenters. The fraction of sp³-hybridized carbons (Fsp3) is 0.385. The lowest BCUT2D eigenvalue weighted by molar-refractivity contribution is -0.125. The smallest absolute Gasteiger partial charge is 0.234 e. The third-order valence-corrected chi connectivity index (χ3v) is 2.72. The lowest BCUT2D eigenvalue weighted by Crippen LogP contribution is -2.21. The Morgan fingerprint density at radius 2 is 2.00 bits per heavy atom. The van der Waals surface area contributed by atoms with E-state index < -0.39 is 0 Å². The molecule has 1 heterocycles. The highest BCUT2D eigenvalue weighted by Gasteiger charge is 2.31. The molecule has 0 spiro atoms. The van der Waals surface area contributed by atoms with Crippen LogP contribution in [0.1, 0.15) is 31.2 Å². The van der Waals surface area contributed by atoms with Crippen LogP contribution in [0.3, 0.4) is 0 Å². The summed E-state index contributed by atoms with van der Waals surface area (Å²) >= 11 is 0. The fourth-order valence-electron chi connectivity index (χ4n) is 1.84. The number of rotatable bonds is 4. The van der Waals surface area contributed by atoms with Gasteiger partial charge >= 0.3 is 0 Å². The largest absolute Gasteiger partial charge is 0.494 e. The van der Waals surface area contributed by atoms with E-state index in [4.69, 9.17) is 4.74 Å². The Morgan fingerprint density at radius 3 is 2.53 bits per heavy atom. The Balaban J connectivity index is 2.07. The zero-order valence-electron chi connectivity index (χ0n) is 9.73. The summed E-state index contributed by atoms with van der Waals surface area (Å²) in [7, 11) is 0. The van der Waals surface area contributed by atoms with E-state index in [0.29, 0.717) is 6.61 Å². The first kappa shape index (κ1) is 11.6. The van der Waals surface area contributed by atoms with Crippen molar-refractivity contribution in [2.24, 2.45) is 0 Å². The minimum absolute atomic E-state index is 0.202. The number of benzene rings is 1. The lowest BCUT2D eigenvalue weighted by Gasteiger charge is -2.08. The van der Waals surface area contributed by atoms with Gasteiger partial charge in [0.15, 0.2) is 0 Å². The first-order chi connectivity index (χ1) is 8.20. The van der Waals surface area contributed by atoms with Gasteiger partial charge in [0.1, 0.15) is 5.75 Å². The molecule has 1 aliphatic heterocycles. The summed E-state index contributed by atoms with van der Waals surface area (Å²) in [6.45, 7) is 2.73. The average Bonchev–Trinajstić information content (AvgIpc) is 2.66. The third-order valence-electron chi connectivity index (χ3n) is 2.72. The molecule has 0 saturated carbocycles. The molecular weight excluding hydrogens is 218 g/mol. The van der Waals surface area contributed by atoms with Gasteiger partial charge in [-0.25, -0.2) is 0 Å². The van der Waals surface area contributed by atoms with Crippen LogP contribution in [0.15, 0.2) is 24.3 Å². The van der Waals surface area contributed by atoms with Gasteiger partial charge in [-0.15, -0.1) is 0 Å². The second kappa shape index (κ2) is 4.99. The minimum Gasteiger partial charge on any atom is -0.494 e. The lowest BCUT2D eigenvalue weighted by atomic mass is 9.98. The number of ether oxygens (including phenoxy) is 1. The van der Waals surface area contributed by atoms with Crippen LogP contribution in [0.25, 0.3) is 0 Å². The molecule has 1 N–H and O–H groups in total. The predicted molar refractivity (Wildman–Crippen MR) is 62.7 cm³/mol. The Kier molecular flexibility index (Phi) is 3.42. The zero-order valence-corrected chi connectivity index (χ0v) is 9.73. The quantitative estimate of drug-likeness (QED) is 0.804. The summed E-state index contributed by atoms with van der Waals surface area (Å²) in [5.74, 6) is 0.0339. The number of carbonyl (C=O) groups excluding carboxylic acids is 2. The van der Waals surface area contributed by atoms with Crippen molar-refractivity contribution in [3.05, 3.63) is 29.8 Å². The van der Waals surface area contributed by atoms with Crippen LogP contribution < -0.4 is 10.1 Å². The molecule has 1 saturated heterocycles. The van der Waals surface area contributed by atoms with Gasteiger partial charge < -0.3 is 4.74 Å². The maximum absolute atomic E-state index is 11.5. The molecule has 90 valence electrons. The number of amides is 2. The first-order valence-electron chi connectivity index (χ1n) is 5.77. The topological polar surface area (TPSA) is 55.4 Å². The minimum atomic E-state index is -0.345. The second-order valence-corrected chi connectivity index (χ2v) is 4.09. The third kappa shape index (κ3) is 2.64. The van der Waals surface area contributed by atoms with E-state index in [1.54, 1.807) is 0 Å². The first-order valence-corrected chi connectivity index (χ1v) is 5.77. The number of hydrogen-bond donors (Lipinski definition) is 1. The molecule has 0 radical (unpaired) electrons. The van der Waals surface area contributed by atoms with Gasteiger partial charge in [0.2, 0.25) is 11.8 Å². The molecule has 1 aromatic carbocycles. The van der Waals surface area contributed by atoms with E-state index in [0.717, 1.165) is 17.7 Å². The molecule has 1 aliphatic rings. The molecule has 4 nitrogen and oxygen atoms in total. The summed E-state index contributed by atoms with van der Waals surface area (Å²) < 4.78 is 5.45. The van der Waals surface area contributed by atoms with Crippen molar-refractivity contribution in [1.82, 2.24) is 5.32 Å². The van der Waals surface area contributed by atoms with Crippen LogP contribution in [0, 0.1) is 0 Å². The second-order valence-electron chi connectivity index (χ2n) is 4.09. The van der Waals surface area contributed by atoms with Gasteiger partial charge in [0.05, 0.1) is 12.5 Å². The molecule has 2 rings (SSSR count). The fourth-order valence-corrected chi connectivity index (χ4v) is 1.84. The van der Waals surface area contributed by atoms with Crippen molar-refractivity contribution < 1.29 is 14.3 Å². The van der Waals surface area contributed by atoms with Crippen LogP contribution >= 0.6 is 0 Å². The van der Waals surface area contributed by atoms with Crippen LogP contribution in [0.2, 0.25) is 0 Å². The molecule has 0 aliphatic carbocycles. The van der Waals surface area contributed by atoms with Crippen LogP contribution in [-0.2, 0) is 9.59 Å². The van der Waals surface area contributed by atoms with E-state index in [2.05, 4.69) is 5.32 Å². The van der Waals surface area contributed by atoms with Gasteiger partial charge in [-0.1, -0.05) is 19.1 Å². The number of imide groups is 1. The van der Waals surface area contributed by atoms with Crippen molar-refractivity contribution in [3.63, 3.8) is 0 Å². The predicted octanol–water partition coefficient (Wildman–Crippen LogP) is 1.61. The maximum Gasteiger partial charge on any atom is 0.234 e. The van der Waals surface area contributed by atoms with Crippen LogP contribution in [0.5, 0.6) is 5.75 Å². The molecule has 0 aromatic heterocycles. The number of hydrogen-bond acceptors (Lipinski definition) is 3. The molecule has 4 heteroatoms. The highest BCUT2D eigenvalue weighted by atomic mass is 16.5. The maximum atomic E-state index is 11.5. The monoisotopic (exact) mass is 233 g/mol. The van der Waals surface area contributed by atoms with Gasteiger partial charge in [-0.3, -0.25) is 14.9 Å². The normalized spacial score (nSPS) is 19.2. The molecule has 0 unspecified atom stereocenters. The summed E-state index contributed by atoms with van der Waals surface area (Å²) in [5, 5.41) is 2.31. The van der Waals surface area contributed by atoms with Gasteiger partial charge in [0, 0.05) is 6.42 Å². The summed E-state index contributed by atoms with van der Waals surface area (Å²) in [6.07, 6.45) is 1.20. The van der Waals surface area contributed by atoms with E-state index in [9.17, 15) is 9.59 Å². The molecule has 17 heavy (non-hydrogen) atoms. The van der Waals surface area contributed by atoms with Crippen LogP contribution in [-0.4, -0.2) is 18.4 Å². The van der Waals surface area contributed by atoms with E-state index >= 15 is 0 Å². The molecule has 1 fully saturated rings. The average molecular weight is 233 g/mol. The Labute approximate surface area is 100.0 Å². The highest BCUT2D eigenvalue weighted by molar-refractivity contribution is 6.06. The van der Waals surface area contributed by atoms with Crippen molar-refractivity contribution in [3.8, 4) is 5.75 Å². The number of carbonyl (C=O) groups is 2. The van der Waals surface area contributed by atoms with Crippen molar-refractivity contribution in [2.75, 3.05) is 6.61 Å². The highest BCUT2D eigenvalue weighted by Crippen LogP contribution is 2.25. The van der Waals surface area contributed by atoms with Crippen molar-refractivity contribution >= 4 is 11.8 Å². The summed E-state index contributed by atoms with van der Waals surface area (Å²) in [6, 6.07) is 7.35. The van der Waals surface area contributed by atoms with Crippen molar-refractivity contribution in [2.45, 2.75) is 25.7 Å². The van der Waals surface area contributed by atoms with E-state index in [1.165, 1.54) is 0 Å². The van der Waals surface area contributed by atoms with Gasteiger partial charge in [0.25, 0.3) is 0 Å². The van der Waals surface area contributed by atoms with Crippen molar-refractivity contribution in [1.29, 1.82) is 0 Å². The molecule has 2 amide bonds. The number of nitrogens with one attached hydrogen (secondary N) is 1. The summed E-state index contributed by atoms with van der Waals surface area (Å²) in [5.41, 5.74) is 0.859. The zero-order chi connectivity index (χ0) is 12.3. The molecule has 0 bridgehead atoms. The van der Waals surface area contributed by atoms with Gasteiger partial charge in [-0.05, 0) is 24.1 Å². The standard InChI is InChI=1S/C13H15NO3/c1-2-7-17-10-5-3-9(4-6-10)11-8-12(15)14-13(11)16/h3-6,11H,2,7-8H2,1H3,(H,14,15,16)/t11-/m1/s1. The Hall–Kier alpha value is -1.84. The summed E-state index contributed by atoms with van der Waals surface area (Å²) in [4.78, 5) is 22.6.